The minimum atomic E-state index is -0.179. The number of rotatable bonds is 3. The van der Waals surface area contributed by atoms with Gasteiger partial charge in [-0.25, -0.2) is 0 Å². The molecule has 2 aromatic rings. The summed E-state index contributed by atoms with van der Waals surface area (Å²) in [4.78, 5) is 12.1. The highest BCUT2D eigenvalue weighted by molar-refractivity contribution is 6.35. The highest BCUT2D eigenvalue weighted by Gasteiger charge is 2.10. The molecule has 1 amide bonds. The molecule has 0 radical (unpaired) electrons. The first-order chi connectivity index (χ1) is 9.09. The van der Waals surface area contributed by atoms with Gasteiger partial charge in [-0.3, -0.25) is 4.79 Å². The first-order valence-electron chi connectivity index (χ1n) is 5.90. The van der Waals surface area contributed by atoms with Crippen LogP contribution in [0.2, 0.25) is 5.02 Å². The maximum absolute atomic E-state index is 12.1. The van der Waals surface area contributed by atoms with E-state index in [1.54, 1.807) is 18.2 Å². The number of allylic oxidation sites excluding steroid dienone is 1. The van der Waals surface area contributed by atoms with Gasteiger partial charge in [0.05, 0.1) is 10.7 Å². The Labute approximate surface area is 117 Å². The molecule has 0 atom stereocenters. The van der Waals surface area contributed by atoms with Crippen LogP contribution < -0.4 is 5.32 Å². The van der Waals surface area contributed by atoms with Crippen molar-refractivity contribution in [3.05, 3.63) is 71.3 Å². The molecule has 0 saturated heterocycles. The molecule has 0 heterocycles. The van der Waals surface area contributed by atoms with Crippen molar-refractivity contribution in [2.45, 2.75) is 6.92 Å². The molecule has 0 saturated carbocycles. The van der Waals surface area contributed by atoms with Crippen LogP contribution in [0.1, 0.15) is 22.8 Å². The molecule has 0 unspecified atom stereocenters. The maximum Gasteiger partial charge on any atom is 0.255 e. The monoisotopic (exact) mass is 271 g/mol. The van der Waals surface area contributed by atoms with E-state index >= 15 is 0 Å². The van der Waals surface area contributed by atoms with Crippen LogP contribution in [0.5, 0.6) is 0 Å². The van der Waals surface area contributed by atoms with Gasteiger partial charge in [-0.15, -0.1) is 0 Å². The number of carbonyl (C=O) groups excluding carboxylic acids is 1. The second-order valence-corrected chi connectivity index (χ2v) is 4.65. The third kappa shape index (κ3) is 3.04. The van der Waals surface area contributed by atoms with Crippen molar-refractivity contribution in [2.75, 3.05) is 5.32 Å². The quantitative estimate of drug-likeness (QED) is 0.867. The van der Waals surface area contributed by atoms with Crippen LogP contribution in [-0.2, 0) is 0 Å². The summed E-state index contributed by atoms with van der Waals surface area (Å²) in [5.74, 6) is -0.179. The van der Waals surface area contributed by atoms with Gasteiger partial charge in [-0.2, -0.15) is 0 Å². The lowest BCUT2D eigenvalue weighted by Gasteiger charge is -2.10. The molecule has 0 aliphatic carbocycles. The van der Waals surface area contributed by atoms with E-state index in [0.29, 0.717) is 16.3 Å². The lowest BCUT2D eigenvalue weighted by molar-refractivity contribution is 0.102. The molecule has 96 valence electrons. The van der Waals surface area contributed by atoms with E-state index in [4.69, 9.17) is 11.6 Å². The average molecular weight is 272 g/mol. The normalized spacial score (nSPS) is 10.0. The Bertz CT molecular complexity index is 620. The third-order valence-electron chi connectivity index (χ3n) is 2.74. The number of hydrogen-bond donors (Lipinski definition) is 1. The Morgan fingerprint density at radius 2 is 1.79 bits per heavy atom. The Morgan fingerprint density at radius 1 is 1.11 bits per heavy atom. The van der Waals surface area contributed by atoms with Gasteiger partial charge in [0.1, 0.15) is 0 Å². The second-order valence-electron chi connectivity index (χ2n) is 4.27. The molecular weight excluding hydrogens is 258 g/mol. The summed E-state index contributed by atoms with van der Waals surface area (Å²) >= 11 is 6.26. The summed E-state index contributed by atoms with van der Waals surface area (Å²) in [6, 6.07) is 14.5. The summed E-state index contributed by atoms with van der Waals surface area (Å²) in [5.41, 5.74) is 2.89. The second kappa shape index (κ2) is 5.72. The van der Waals surface area contributed by atoms with E-state index in [1.165, 1.54) is 0 Å². The van der Waals surface area contributed by atoms with Crippen molar-refractivity contribution < 1.29 is 4.79 Å². The molecule has 2 rings (SSSR count). The molecule has 3 heteroatoms. The minimum absolute atomic E-state index is 0.179. The van der Waals surface area contributed by atoms with Crippen LogP contribution >= 0.6 is 11.6 Å². The number of hydrogen-bond acceptors (Lipinski definition) is 1. The fourth-order valence-corrected chi connectivity index (χ4v) is 2.08. The summed E-state index contributed by atoms with van der Waals surface area (Å²) < 4.78 is 0. The fourth-order valence-electron chi connectivity index (χ4n) is 1.74. The van der Waals surface area contributed by atoms with Crippen LogP contribution in [0, 0.1) is 0 Å². The SMILES string of the molecule is C=C(C)c1cccc(NC(=O)c2ccccc2)c1Cl. The lowest BCUT2D eigenvalue weighted by atomic mass is 10.1. The minimum Gasteiger partial charge on any atom is -0.321 e. The largest absolute Gasteiger partial charge is 0.321 e. The topological polar surface area (TPSA) is 29.1 Å². The zero-order chi connectivity index (χ0) is 13.8. The zero-order valence-corrected chi connectivity index (χ0v) is 11.4. The fraction of sp³-hybridized carbons (Fsp3) is 0.0625. The van der Waals surface area contributed by atoms with E-state index in [2.05, 4.69) is 11.9 Å². The Balaban J connectivity index is 2.27. The molecule has 0 aliphatic heterocycles. The molecule has 2 aromatic carbocycles. The van der Waals surface area contributed by atoms with Crippen molar-refractivity contribution in [2.24, 2.45) is 0 Å². The van der Waals surface area contributed by atoms with Crippen molar-refractivity contribution in [3.8, 4) is 0 Å². The molecule has 0 aliphatic rings. The van der Waals surface area contributed by atoms with Crippen LogP contribution in [-0.4, -0.2) is 5.91 Å². The van der Waals surface area contributed by atoms with Gasteiger partial charge >= 0.3 is 0 Å². The molecule has 0 spiro atoms. The van der Waals surface area contributed by atoms with Crippen LogP contribution in [0.3, 0.4) is 0 Å². The van der Waals surface area contributed by atoms with Crippen molar-refractivity contribution in [1.29, 1.82) is 0 Å². The van der Waals surface area contributed by atoms with E-state index < -0.39 is 0 Å². The average Bonchev–Trinajstić information content (AvgIpc) is 2.41. The lowest BCUT2D eigenvalue weighted by Crippen LogP contribution is -2.12. The Kier molecular flexibility index (Phi) is 4.03. The predicted octanol–water partition coefficient (Wildman–Crippen LogP) is 4.63. The number of anilines is 1. The van der Waals surface area contributed by atoms with Crippen molar-refractivity contribution >= 4 is 28.8 Å². The summed E-state index contributed by atoms with van der Waals surface area (Å²) in [7, 11) is 0. The van der Waals surface area contributed by atoms with Gasteiger partial charge in [0, 0.05) is 5.56 Å². The van der Waals surface area contributed by atoms with Gasteiger partial charge < -0.3 is 5.32 Å². The number of carbonyl (C=O) groups is 1. The van der Waals surface area contributed by atoms with E-state index in [1.807, 2.05) is 37.3 Å². The standard InChI is InChI=1S/C16H14ClNO/c1-11(2)13-9-6-10-14(15(13)17)18-16(19)12-7-4-3-5-8-12/h3-10H,1H2,2H3,(H,18,19). The van der Waals surface area contributed by atoms with Gasteiger partial charge in [-0.05, 0) is 36.3 Å². The summed E-state index contributed by atoms with van der Waals surface area (Å²) in [6.45, 7) is 5.75. The molecule has 2 nitrogen and oxygen atoms in total. The first kappa shape index (κ1) is 13.4. The van der Waals surface area contributed by atoms with E-state index in [-0.39, 0.29) is 5.91 Å². The molecule has 0 fully saturated rings. The number of benzene rings is 2. The van der Waals surface area contributed by atoms with Crippen molar-refractivity contribution in [3.63, 3.8) is 0 Å². The van der Waals surface area contributed by atoms with E-state index in [9.17, 15) is 4.79 Å². The smallest absolute Gasteiger partial charge is 0.255 e. The predicted molar refractivity (Wildman–Crippen MR) is 80.6 cm³/mol. The van der Waals surface area contributed by atoms with E-state index in [0.717, 1.165) is 11.1 Å². The molecule has 0 bridgehead atoms. The van der Waals surface area contributed by atoms with Crippen LogP contribution in [0.25, 0.3) is 5.57 Å². The van der Waals surface area contributed by atoms with Gasteiger partial charge in [0.25, 0.3) is 5.91 Å². The van der Waals surface area contributed by atoms with Crippen molar-refractivity contribution in [1.82, 2.24) is 0 Å². The summed E-state index contributed by atoms with van der Waals surface area (Å²) in [5, 5.41) is 3.32. The van der Waals surface area contributed by atoms with Gasteiger partial charge in [0.2, 0.25) is 0 Å². The first-order valence-corrected chi connectivity index (χ1v) is 6.28. The Morgan fingerprint density at radius 3 is 2.42 bits per heavy atom. The third-order valence-corrected chi connectivity index (χ3v) is 3.15. The molecule has 19 heavy (non-hydrogen) atoms. The molecule has 1 N–H and O–H groups in total. The maximum atomic E-state index is 12.1. The zero-order valence-electron chi connectivity index (χ0n) is 10.6. The Hall–Kier alpha value is -2.06. The number of nitrogens with one attached hydrogen (secondary N) is 1. The van der Waals surface area contributed by atoms with Crippen LogP contribution in [0.15, 0.2) is 55.1 Å². The molecule has 0 aromatic heterocycles. The highest BCUT2D eigenvalue weighted by Crippen LogP contribution is 2.30. The molecular formula is C16H14ClNO. The summed E-state index contributed by atoms with van der Waals surface area (Å²) in [6.07, 6.45) is 0. The number of amides is 1. The number of halogens is 1. The highest BCUT2D eigenvalue weighted by atomic mass is 35.5. The van der Waals surface area contributed by atoms with Gasteiger partial charge in [-0.1, -0.05) is 48.5 Å². The van der Waals surface area contributed by atoms with Gasteiger partial charge in [0.15, 0.2) is 0 Å². The van der Waals surface area contributed by atoms with Crippen LogP contribution in [0.4, 0.5) is 5.69 Å².